The minimum Gasteiger partial charge on any atom is -0.294 e. The Morgan fingerprint density at radius 3 is 2.58 bits per heavy atom. The van der Waals surface area contributed by atoms with Crippen LogP contribution in [0.1, 0.15) is 42.6 Å². The Kier molecular flexibility index (Phi) is 2.58. The highest BCUT2D eigenvalue weighted by atomic mass is 16.1. The van der Waals surface area contributed by atoms with Gasteiger partial charge >= 0.3 is 0 Å². The second kappa shape index (κ2) is 3.48. The van der Waals surface area contributed by atoms with Crippen LogP contribution in [0.4, 0.5) is 0 Å². The van der Waals surface area contributed by atoms with Crippen molar-refractivity contribution < 1.29 is 4.79 Å². The molecule has 0 radical (unpaired) electrons. The molecule has 0 bridgehead atoms. The van der Waals surface area contributed by atoms with E-state index in [9.17, 15) is 4.79 Å². The van der Waals surface area contributed by atoms with E-state index < -0.39 is 0 Å². The van der Waals surface area contributed by atoms with Gasteiger partial charge < -0.3 is 0 Å². The van der Waals surface area contributed by atoms with E-state index in [1.165, 1.54) is 0 Å². The summed E-state index contributed by atoms with van der Waals surface area (Å²) in [6.07, 6.45) is 3.36. The number of carbonyl (C=O) groups excluding carboxylic acids is 1. The number of rotatable bonds is 2. The fourth-order valence-electron chi connectivity index (χ4n) is 1.20. The van der Waals surface area contributed by atoms with E-state index in [2.05, 4.69) is 18.8 Å². The number of pyridine rings is 1. The number of hydrogen-bond donors (Lipinski definition) is 0. The summed E-state index contributed by atoms with van der Waals surface area (Å²) in [5, 5.41) is 0. The largest absolute Gasteiger partial charge is 0.294 e. The van der Waals surface area contributed by atoms with Crippen molar-refractivity contribution in [1.29, 1.82) is 0 Å². The Morgan fingerprint density at radius 2 is 2.17 bits per heavy atom. The molecule has 0 saturated carbocycles. The van der Waals surface area contributed by atoms with Crippen LogP contribution in [0.2, 0.25) is 0 Å². The third-order valence-electron chi connectivity index (χ3n) is 1.86. The van der Waals surface area contributed by atoms with E-state index in [1.807, 2.05) is 6.07 Å². The molecule has 0 aliphatic carbocycles. The molecule has 2 heteroatoms. The predicted molar refractivity (Wildman–Crippen MR) is 48.3 cm³/mol. The number of ketones is 1. The van der Waals surface area contributed by atoms with Crippen LogP contribution in [0.3, 0.4) is 0 Å². The average Bonchev–Trinajstić information content (AvgIpc) is 2.04. The van der Waals surface area contributed by atoms with Crippen LogP contribution in [-0.4, -0.2) is 10.8 Å². The Morgan fingerprint density at radius 1 is 1.50 bits per heavy atom. The van der Waals surface area contributed by atoms with Crippen LogP contribution in [0.25, 0.3) is 0 Å². The highest BCUT2D eigenvalue weighted by Crippen LogP contribution is 2.18. The molecule has 1 aromatic rings. The van der Waals surface area contributed by atoms with Gasteiger partial charge in [-0.25, -0.2) is 0 Å². The minimum absolute atomic E-state index is 0.0896. The second-order valence-corrected chi connectivity index (χ2v) is 3.17. The molecule has 0 amide bonds. The van der Waals surface area contributed by atoms with Crippen LogP contribution in [-0.2, 0) is 0 Å². The molecule has 12 heavy (non-hydrogen) atoms. The molecular weight excluding hydrogens is 150 g/mol. The van der Waals surface area contributed by atoms with Gasteiger partial charge in [-0.15, -0.1) is 0 Å². The molecule has 0 aliphatic heterocycles. The molecule has 0 spiro atoms. The zero-order valence-corrected chi connectivity index (χ0v) is 7.66. The van der Waals surface area contributed by atoms with Crippen molar-refractivity contribution in [2.45, 2.75) is 26.7 Å². The van der Waals surface area contributed by atoms with Crippen molar-refractivity contribution >= 4 is 5.78 Å². The van der Waals surface area contributed by atoms with Gasteiger partial charge in [0.05, 0.1) is 0 Å². The molecule has 0 aliphatic rings. The van der Waals surface area contributed by atoms with Crippen molar-refractivity contribution in [2.24, 2.45) is 0 Å². The maximum atomic E-state index is 11.1. The van der Waals surface area contributed by atoms with Gasteiger partial charge in [-0.2, -0.15) is 0 Å². The van der Waals surface area contributed by atoms with Crippen molar-refractivity contribution in [3.05, 3.63) is 29.6 Å². The van der Waals surface area contributed by atoms with Gasteiger partial charge in [-0.1, -0.05) is 13.8 Å². The zero-order chi connectivity index (χ0) is 9.14. The monoisotopic (exact) mass is 163 g/mol. The molecule has 64 valence electrons. The van der Waals surface area contributed by atoms with Gasteiger partial charge in [0, 0.05) is 18.0 Å². The highest BCUT2D eigenvalue weighted by molar-refractivity contribution is 5.95. The third kappa shape index (κ3) is 1.70. The molecule has 0 saturated heterocycles. The lowest BCUT2D eigenvalue weighted by Crippen LogP contribution is -2.01. The summed E-state index contributed by atoms with van der Waals surface area (Å²) in [5.74, 6) is 0.471. The summed E-state index contributed by atoms with van der Waals surface area (Å²) >= 11 is 0. The molecule has 0 atom stereocenters. The summed E-state index contributed by atoms with van der Waals surface area (Å²) in [7, 11) is 0. The van der Waals surface area contributed by atoms with Gasteiger partial charge in [-0.05, 0) is 24.5 Å². The van der Waals surface area contributed by atoms with Gasteiger partial charge in [0.2, 0.25) is 0 Å². The summed E-state index contributed by atoms with van der Waals surface area (Å²) in [6, 6.07) is 1.90. The van der Waals surface area contributed by atoms with Crippen LogP contribution < -0.4 is 0 Å². The van der Waals surface area contributed by atoms with Crippen molar-refractivity contribution in [2.75, 3.05) is 0 Å². The molecular formula is C10H13NO. The lowest BCUT2D eigenvalue weighted by Gasteiger charge is -2.08. The molecule has 0 N–H and O–H groups in total. The lowest BCUT2D eigenvalue weighted by molar-refractivity contribution is 0.101. The standard InChI is InChI=1S/C10H13NO/c1-7(2)9-4-5-11-6-10(9)8(3)12/h4-7H,1-3H3. The van der Waals surface area contributed by atoms with E-state index in [0.717, 1.165) is 11.1 Å². The van der Waals surface area contributed by atoms with Crippen LogP contribution in [0, 0.1) is 0 Å². The smallest absolute Gasteiger partial charge is 0.161 e. The molecule has 0 fully saturated rings. The van der Waals surface area contributed by atoms with E-state index >= 15 is 0 Å². The van der Waals surface area contributed by atoms with Crippen LogP contribution in [0.5, 0.6) is 0 Å². The van der Waals surface area contributed by atoms with Crippen LogP contribution in [0.15, 0.2) is 18.5 Å². The van der Waals surface area contributed by atoms with E-state index in [1.54, 1.807) is 19.3 Å². The molecule has 2 nitrogen and oxygen atoms in total. The summed E-state index contributed by atoms with van der Waals surface area (Å²) in [6.45, 7) is 5.71. The summed E-state index contributed by atoms with van der Waals surface area (Å²) < 4.78 is 0. The normalized spacial score (nSPS) is 10.3. The third-order valence-corrected chi connectivity index (χ3v) is 1.86. The summed E-state index contributed by atoms with van der Waals surface area (Å²) in [5.41, 5.74) is 1.82. The molecule has 1 rings (SSSR count). The Balaban J connectivity index is 3.17. The maximum absolute atomic E-state index is 11.1. The van der Waals surface area contributed by atoms with Gasteiger partial charge in [0.1, 0.15) is 0 Å². The van der Waals surface area contributed by atoms with Crippen molar-refractivity contribution in [3.8, 4) is 0 Å². The first-order chi connectivity index (χ1) is 5.63. The van der Waals surface area contributed by atoms with E-state index in [-0.39, 0.29) is 5.78 Å². The molecule has 0 aromatic carbocycles. The Labute approximate surface area is 72.6 Å². The number of aromatic nitrogens is 1. The van der Waals surface area contributed by atoms with Gasteiger partial charge in [0.15, 0.2) is 5.78 Å². The fourth-order valence-corrected chi connectivity index (χ4v) is 1.20. The first-order valence-corrected chi connectivity index (χ1v) is 4.07. The maximum Gasteiger partial charge on any atom is 0.161 e. The quantitative estimate of drug-likeness (QED) is 0.626. The Hall–Kier alpha value is -1.18. The molecule has 0 unspecified atom stereocenters. The van der Waals surface area contributed by atoms with Gasteiger partial charge in [0.25, 0.3) is 0 Å². The number of hydrogen-bond acceptors (Lipinski definition) is 2. The summed E-state index contributed by atoms with van der Waals surface area (Å²) in [4.78, 5) is 15.1. The highest BCUT2D eigenvalue weighted by Gasteiger charge is 2.08. The topological polar surface area (TPSA) is 30.0 Å². The minimum atomic E-state index is 0.0896. The van der Waals surface area contributed by atoms with Crippen molar-refractivity contribution in [1.82, 2.24) is 4.98 Å². The number of nitrogens with zero attached hydrogens (tertiary/aromatic N) is 1. The van der Waals surface area contributed by atoms with Crippen molar-refractivity contribution in [3.63, 3.8) is 0 Å². The second-order valence-electron chi connectivity index (χ2n) is 3.17. The number of Topliss-reactive ketones (excluding diaryl/α,β-unsaturated/α-hetero) is 1. The lowest BCUT2D eigenvalue weighted by atomic mass is 9.97. The molecule has 1 aromatic heterocycles. The first kappa shape index (κ1) is 8.91. The van der Waals surface area contributed by atoms with E-state index in [4.69, 9.17) is 0 Å². The van der Waals surface area contributed by atoms with Crippen LogP contribution >= 0.6 is 0 Å². The van der Waals surface area contributed by atoms with E-state index in [0.29, 0.717) is 5.92 Å². The fraction of sp³-hybridized carbons (Fsp3) is 0.400. The first-order valence-electron chi connectivity index (χ1n) is 4.07. The number of carbonyl (C=O) groups is 1. The SMILES string of the molecule is CC(=O)c1cnccc1C(C)C. The average molecular weight is 163 g/mol. The van der Waals surface area contributed by atoms with Gasteiger partial charge in [-0.3, -0.25) is 9.78 Å². The Bertz CT molecular complexity index is 292. The zero-order valence-electron chi connectivity index (χ0n) is 7.66. The molecule has 1 heterocycles. The predicted octanol–water partition coefficient (Wildman–Crippen LogP) is 2.41.